The molecule has 1 heterocycles. The fraction of sp³-hybridized carbons (Fsp3) is 0.200. The van der Waals surface area contributed by atoms with Crippen LogP contribution in [0, 0.1) is 0 Å². The summed E-state index contributed by atoms with van der Waals surface area (Å²) >= 11 is 1.59. The van der Waals surface area contributed by atoms with Crippen molar-refractivity contribution in [3.05, 3.63) is 96.1 Å². The van der Waals surface area contributed by atoms with Crippen LogP contribution in [0.5, 0.6) is 0 Å². The maximum Gasteiger partial charge on any atom is 0.255 e. The molecule has 5 nitrogen and oxygen atoms in total. The molecule has 6 heteroatoms. The van der Waals surface area contributed by atoms with Crippen molar-refractivity contribution in [1.29, 1.82) is 0 Å². The summed E-state index contributed by atoms with van der Waals surface area (Å²) in [6, 6.07) is 26.7. The Kier molecular flexibility index (Phi) is 6.57. The molecule has 0 aliphatic carbocycles. The van der Waals surface area contributed by atoms with Crippen LogP contribution in [-0.2, 0) is 4.79 Å². The second-order valence-electron chi connectivity index (χ2n) is 7.50. The average Bonchev–Trinajstić information content (AvgIpc) is 3.31. The highest BCUT2D eigenvalue weighted by molar-refractivity contribution is 7.99. The minimum atomic E-state index is -0.478. The molecule has 2 N–H and O–H groups in total. The molecule has 158 valence electrons. The van der Waals surface area contributed by atoms with Crippen LogP contribution in [0.2, 0.25) is 0 Å². The number of hydrogen-bond donors (Lipinski definition) is 2. The summed E-state index contributed by atoms with van der Waals surface area (Å²) in [4.78, 5) is 27.3. The Bertz CT molecular complexity index is 1030. The zero-order valence-electron chi connectivity index (χ0n) is 17.3. The van der Waals surface area contributed by atoms with E-state index in [0.29, 0.717) is 22.9 Å². The molecule has 2 atom stereocenters. The van der Waals surface area contributed by atoms with Gasteiger partial charge in [0.2, 0.25) is 5.91 Å². The van der Waals surface area contributed by atoms with Crippen LogP contribution < -0.4 is 10.6 Å². The smallest absolute Gasteiger partial charge is 0.255 e. The fourth-order valence-corrected chi connectivity index (χ4v) is 4.71. The van der Waals surface area contributed by atoms with Crippen molar-refractivity contribution in [2.75, 3.05) is 22.3 Å². The van der Waals surface area contributed by atoms with Crippen molar-refractivity contribution in [1.82, 2.24) is 4.90 Å². The van der Waals surface area contributed by atoms with E-state index in [2.05, 4.69) is 29.7 Å². The fourth-order valence-electron chi connectivity index (χ4n) is 3.56. The molecule has 1 saturated heterocycles. The Labute approximate surface area is 186 Å². The van der Waals surface area contributed by atoms with Gasteiger partial charge in [-0.05, 0) is 48.9 Å². The van der Waals surface area contributed by atoms with E-state index in [9.17, 15) is 9.59 Å². The quantitative estimate of drug-likeness (QED) is 0.576. The second-order valence-corrected chi connectivity index (χ2v) is 8.50. The van der Waals surface area contributed by atoms with Gasteiger partial charge in [0.25, 0.3) is 5.91 Å². The SMILES string of the molecule is C[C@@H](Nc1ccc(NC(=O)[C@H]2CSCN2C(=O)c2ccccc2)cc1)c1ccccc1. The predicted molar refractivity (Wildman–Crippen MR) is 127 cm³/mol. The van der Waals surface area contributed by atoms with Crippen LogP contribution in [0.4, 0.5) is 11.4 Å². The van der Waals surface area contributed by atoms with Gasteiger partial charge in [-0.25, -0.2) is 0 Å². The summed E-state index contributed by atoms with van der Waals surface area (Å²) in [5.74, 6) is 0.845. The molecule has 3 aromatic carbocycles. The first-order valence-electron chi connectivity index (χ1n) is 10.3. The number of nitrogens with one attached hydrogen (secondary N) is 2. The highest BCUT2D eigenvalue weighted by Crippen LogP contribution is 2.25. The van der Waals surface area contributed by atoms with Gasteiger partial charge in [-0.1, -0.05) is 48.5 Å². The van der Waals surface area contributed by atoms with Crippen molar-refractivity contribution >= 4 is 35.0 Å². The predicted octanol–water partition coefficient (Wildman–Crippen LogP) is 5.01. The maximum absolute atomic E-state index is 12.9. The van der Waals surface area contributed by atoms with Crippen LogP contribution in [0.25, 0.3) is 0 Å². The van der Waals surface area contributed by atoms with E-state index in [-0.39, 0.29) is 17.9 Å². The Hall–Kier alpha value is -3.25. The highest BCUT2D eigenvalue weighted by atomic mass is 32.2. The molecule has 0 unspecified atom stereocenters. The van der Waals surface area contributed by atoms with Crippen molar-refractivity contribution in [2.24, 2.45) is 0 Å². The van der Waals surface area contributed by atoms with Crippen molar-refractivity contribution in [3.63, 3.8) is 0 Å². The first-order valence-corrected chi connectivity index (χ1v) is 11.4. The minimum Gasteiger partial charge on any atom is -0.379 e. The number of anilines is 2. The third-order valence-electron chi connectivity index (χ3n) is 5.30. The van der Waals surface area contributed by atoms with Gasteiger partial charge in [0.15, 0.2) is 0 Å². The van der Waals surface area contributed by atoms with Crippen LogP contribution in [0.15, 0.2) is 84.9 Å². The minimum absolute atomic E-state index is 0.111. The van der Waals surface area contributed by atoms with E-state index in [1.54, 1.807) is 28.8 Å². The third kappa shape index (κ3) is 5.09. The Morgan fingerprint density at radius 3 is 2.19 bits per heavy atom. The van der Waals surface area contributed by atoms with E-state index < -0.39 is 6.04 Å². The molecule has 2 amide bonds. The van der Waals surface area contributed by atoms with Crippen LogP contribution >= 0.6 is 11.8 Å². The first kappa shape index (κ1) is 21.0. The van der Waals surface area contributed by atoms with Gasteiger partial charge in [0, 0.05) is 28.7 Å². The number of hydrogen-bond acceptors (Lipinski definition) is 4. The van der Waals surface area contributed by atoms with Crippen molar-refractivity contribution < 1.29 is 9.59 Å². The Balaban J connectivity index is 1.37. The zero-order chi connectivity index (χ0) is 21.6. The van der Waals surface area contributed by atoms with E-state index in [4.69, 9.17) is 0 Å². The van der Waals surface area contributed by atoms with Gasteiger partial charge in [0.1, 0.15) is 6.04 Å². The normalized spacial score (nSPS) is 16.5. The summed E-state index contributed by atoms with van der Waals surface area (Å²) in [5.41, 5.74) is 3.51. The standard InChI is InChI=1S/C25H25N3O2S/c1-18(19-8-4-2-5-9-19)26-21-12-14-22(15-13-21)27-24(29)23-16-31-17-28(23)25(30)20-10-6-3-7-11-20/h2-15,18,23,26H,16-17H2,1H3,(H,27,29)/t18-,23-/m1/s1. The topological polar surface area (TPSA) is 61.4 Å². The number of carbonyl (C=O) groups is 2. The van der Waals surface area contributed by atoms with E-state index >= 15 is 0 Å². The molecule has 0 radical (unpaired) electrons. The number of rotatable bonds is 6. The van der Waals surface area contributed by atoms with E-state index in [1.807, 2.05) is 60.7 Å². The monoisotopic (exact) mass is 431 g/mol. The van der Waals surface area contributed by atoms with Crippen molar-refractivity contribution in [2.45, 2.75) is 19.0 Å². The molecule has 4 rings (SSSR count). The molecular weight excluding hydrogens is 406 g/mol. The Morgan fingerprint density at radius 2 is 1.52 bits per heavy atom. The average molecular weight is 432 g/mol. The number of benzene rings is 3. The highest BCUT2D eigenvalue weighted by Gasteiger charge is 2.35. The molecule has 31 heavy (non-hydrogen) atoms. The van der Waals surface area contributed by atoms with Crippen LogP contribution in [-0.4, -0.2) is 34.4 Å². The first-order chi connectivity index (χ1) is 15.1. The lowest BCUT2D eigenvalue weighted by Gasteiger charge is -2.23. The summed E-state index contributed by atoms with van der Waals surface area (Å²) < 4.78 is 0. The number of amides is 2. The summed E-state index contributed by atoms with van der Waals surface area (Å²) in [7, 11) is 0. The lowest BCUT2D eigenvalue weighted by atomic mass is 10.1. The molecule has 0 saturated carbocycles. The molecule has 0 aromatic heterocycles. The number of carbonyl (C=O) groups excluding carboxylic acids is 2. The second kappa shape index (κ2) is 9.71. The zero-order valence-corrected chi connectivity index (χ0v) is 18.1. The molecule has 1 fully saturated rings. The van der Waals surface area contributed by atoms with Crippen LogP contribution in [0.3, 0.4) is 0 Å². The number of nitrogens with zero attached hydrogens (tertiary/aromatic N) is 1. The number of thioether (sulfide) groups is 1. The summed E-state index contributed by atoms with van der Waals surface area (Å²) in [6.45, 7) is 2.11. The van der Waals surface area contributed by atoms with Gasteiger partial charge in [-0.15, -0.1) is 11.8 Å². The summed E-state index contributed by atoms with van der Waals surface area (Å²) in [5, 5.41) is 6.42. The van der Waals surface area contributed by atoms with Gasteiger partial charge in [0.05, 0.1) is 5.88 Å². The molecular formula is C25H25N3O2S. The summed E-state index contributed by atoms with van der Waals surface area (Å²) in [6.07, 6.45) is 0. The van der Waals surface area contributed by atoms with E-state index in [0.717, 1.165) is 5.69 Å². The van der Waals surface area contributed by atoms with Gasteiger partial charge >= 0.3 is 0 Å². The lowest BCUT2D eigenvalue weighted by molar-refractivity contribution is -0.119. The van der Waals surface area contributed by atoms with Gasteiger partial charge < -0.3 is 15.5 Å². The van der Waals surface area contributed by atoms with Gasteiger partial charge in [-0.2, -0.15) is 0 Å². The molecule has 0 spiro atoms. The Morgan fingerprint density at radius 1 is 0.903 bits per heavy atom. The molecule has 3 aromatic rings. The largest absolute Gasteiger partial charge is 0.379 e. The third-order valence-corrected chi connectivity index (χ3v) is 6.31. The molecule has 0 bridgehead atoms. The van der Waals surface area contributed by atoms with E-state index in [1.165, 1.54) is 5.56 Å². The lowest BCUT2D eigenvalue weighted by Crippen LogP contribution is -2.44. The van der Waals surface area contributed by atoms with Crippen LogP contribution in [0.1, 0.15) is 28.9 Å². The maximum atomic E-state index is 12.9. The van der Waals surface area contributed by atoms with Crippen molar-refractivity contribution in [3.8, 4) is 0 Å². The molecule has 1 aliphatic heterocycles. The molecule has 1 aliphatic rings. The van der Waals surface area contributed by atoms with Gasteiger partial charge in [-0.3, -0.25) is 9.59 Å².